The maximum Gasteiger partial charge on any atom is 0.0227 e. The molecule has 4 aromatic carbocycles. The van der Waals surface area contributed by atoms with Crippen LogP contribution >= 0.6 is 20.6 Å². The van der Waals surface area contributed by atoms with E-state index in [1.807, 2.05) is 55.4 Å². The van der Waals surface area contributed by atoms with Crippen LogP contribution in [0.25, 0.3) is 0 Å². The number of hydrogen-bond acceptors (Lipinski definition) is 2. The number of benzene rings is 4. The molecule has 0 aliphatic heterocycles. The molecule has 0 fully saturated rings. The standard InChI is InChI=1S/C36H34OS2.4C2H6.CH5N/c1-7-19-31(20-8-1)38(32-21-9-2-10-22-32,33-23-11-3-12-24-33)37-39(34-25-13-4-14-26-34,35-27-15-5-16-28-35)36-29-17-6-18-30-36;5*1-2/h1-2,4-5,7-11,13-17,19-30H,3,6,12,18H2;4*1-2H3;2H2,1H3. The largest absolute Gasteiger partial charge is 0.333 e. The Bertz CT molecular complexity index is 1320. The smallest absolute Gasteiger partial charge is 0.0227 e. The van der Waals surface area contributed by atoms with E-state index in [0.717, 1.165) is 25.7 Å². The van der Waals surface area contributed by atoms with Gasteiger partial charge in [-0.3, -0.25) is 3.63 Å². The molecule has 4 aromatic rings. The molecule has 2 aliphatic rings. The summed E-state index contributed by atoms with van der Waals surface area (Å²) in [5, 5.41) is 0. The van der Waals surface area contributed by atoms with Crippen molar-refractivity contribution >= 4 is 20.6 Å². The molecule has 2 N–H and O–H groups in total. The monoisotopic (exact) mass is 697 g/mol. The van der Waals surface area contributed by atoms with Crippen LogP contribution in [0.1, 0.15) is 81.1 Å². The van der Waals surface area contributed by atoms with Gasteiger partial charge >= 0.3 is 0 Å². The molecule has 0 radical (unpaired) electrons. The minimum absolute atomic E-state index is 1.02. The second-order valence-electron chi connectivity index (χ2n) is 9.61. The molecular formula is C45H63NOS2. The number of allylic oxidation sites excluding steroid dienone is 6. The van der Waals surface area contributed by atoms with E-state index in [0.29, 0.717) is 0 Å². The van der Waals surface area contributed by atoms with Gasteiger partial charge in [0.25, 0.3) is 0 Å². The Balaban J connectivity index is 0.00000110. The molecule has 0 heterocycles. The van der Waals surface area contributed by atoms with Gasteiger partial charge < -0.3 is 5.73 Å². The Morgan fingerprint density at radius 3 is 0.837 bits per heavy atom. The van der Waals surface area contributed by atoms with Crippen molar-refractivity contribution in [3.05, 3.63) is 168 Å². The van der Waals surface area contributed by atoms with Crippen LogP contribution in [-0.2, 0) is 3.63 Å². The lowest BCUT2D eigenvalue weighted by atomic mass is 10.2. The third-order valence-corrected chi connectivity index (χ3v) is 14.4. The van der Waals surface area contributed by atoms with E-state index in [-0.39, 0.29) is 0 Å². The van der Waals surface area contributed by atoms with Crippen LogP contribution < -0.4 is 5.73 Å². The molecule has 0 unspecified atom stereocenters. The Morgan fingerprint density at radius 1 is 0.388 bits per heavy atom. The van der Waals surface area contributed by atoms with Crippen molar-refractivity contribution in [2.45, 2.75) is 101 Å². The average molecular weight is 698 g/mol. The Morgan fingerprint density at radius 2 is 0.633 bits per heavy atom. The van der Waals surface area contributed by atoms with Gasteiger partial charge in [-0.05, 0) is 102 Å². The fourth-order valence-electron chi connectivity index (χ4n) is 5.26. The van der Waals surface area contributed by atoms with Crippen LogP contribution in [0.15, 0.2) is 187 Å². The van der Waals surface area contributed by atoms with Gasteiger partial charge in [-0.15, -0.1) is 0 Å². The predicted molar refractivity (Wildman–Crippen MR) is 224 cm³/mol. The Labute approximate surface area is 304 Å². The van der Waals surface area contributed by atoms with Gasteiger partial charge in [0, 0.05) is 29.4 Å². The van der Waals surface area contributed by atoms with Crippen molar-refractivity contribution in [1.82, 2.24) is 0 Å². The van der Waals surface area contributed by atoms with Crippen molar-refractivity contribution in [2.75, 3.05) is 7.05 Å². The summed E-state index contributed by atoms with van der Waals surface area (Å²) in [6, 6.07) is 43.7. The predicted octanol–water partition coefficient (Wildman–Crippen LogP) is 14.8. The zero-order valence-electron chi connectivity index (χ0n) is 31.6. The minimum Gasteiger partial charge on any atom is -0.333 e. The molecular weight excluding hydrogens is 635 g/mol. The summed E-state index contributed by atoms with van der Waals surface area (Å²) in [5.41, 5.74) is 4.50. The number of hydrogen-bond donors (Lipinski definition) is 1. The maximum atomic E-state index is 8.18. The fraction of sp³-hybridized carbons (Fsp3) is 0.289. The third-order valence-electron chi connectivity index (χ3n) is 7.09. The van der Waals surface area contributed by atoms with E-state index in [4.69, 9.17) is 3.63 Å². The molecule has 266 valence electrons. The van der Waals surface area contributed by atoms with Gasteiger partial charge in [0.2, 0.25) is 0 Å². The van der Waals surface area contributed by atoms with E-state index < -0.39 is 20.6 Å². The molecule has 4 heteroatoms. The van der Waals surface area contributed by atoms with E-state index in [1.54, 1.807) is 0 Å². The van der Waals surface area contributed by atoms with Gasteiger partial charge in [-0.25, -0.2) is 0 Å². The first-order valence-electron chi connectivity index (χ1n) is 18.2. The van der Waals surface area contributed by atoms with Gasteiger partial charge in [-0.1, -0.05) is 165 Å². The third kappa shape index (κ3) is 10.7. The number of nitrogens with two attached hydrogens (primary N) is 1. The first-order chi connectivity index (χ1) is 24.3. The van der Waals surface area contributed by atoms with Crippen molar-refractivity contribution in [3.63, 3.8) is 0 Å². The lowest BCUT2D eigenvalue weighted by Crippen LogP contribution is -2.16. The van der Waals surface area contributed by atoms with Crippen LogP contribution in [0.3, 0.4) is 0 Å². The van der Waals surface area contributed by atoms with E-state index in [2.05, 4.69) is 164 Å². The first-order valence-corrected chi connectivity index (χ1v) is 21.3. The van der Waals surface area contributed by atoms with Gasteiger partial charge in [0.05, 0.1) is 0 Å². The molecule has 6 rings (SSSR count). The SMILES string of the molecule is C1=CC(S(OS(C2=CCCC=C2)(c2ccccc2)c2ccccc2)(c2ccccc2)c2ccccc2)=CCC1.CC.CC.CC.CC.CN. The van der Waals surface area contributed by atoms with Crippen LogP contribution in [-0.4, -0.2) is 7.05 Å². The number of rotatable bonds is 8. The normalized spacial score (nSPS) is 13.6. The van der Waals surface area contributed by atoms with E-state index >= 15 is 0 Å². The van der Waals surface area contributed by atoms with Crippen LogP contribution in [0, 0.1) is 0 Å². The highest BCUT2D eigenvalue weighted by atomic mass is 32.3. The zero-order valence-corrected chi connectivity index (χ0v) is 33.3. The summed E-state index contributed by atoms with van der Waals surface area (Å²) in [6.07, 6.45) is 18.3. The molecule has 0 spiro atoms. The molecule has 0 atom stereocenters. The molecule has 49 heavy (non-hydrogen) atoms. The molecule has 0 saturated carbocycles. The second-order valence-corrected chi connectivity index (χ2v) is 15.2. The zero-order chi connectivity index (χ0) is 36.4. The molecule has 0 amide bonds. The quantitative estimate of drug-likeness (QED) is 0.199. The van der Waals surface area contributed by atoms with Crippen molar-refractivity contribution < 1.29 is 3.63 Å². The summed E-state index contributed by atoms with van der Waals surface area (Å²) < 4.78 is 8.18. The lowest BCUT2D eigenvalue weighted by Gasteiger charge is -2.52. The van der Waals surface area contributed by atoms with Crippen LogP contribution in [0.5, 0.6) is 0 Å². The van der Waals surface area contributed by atoms with E-state index in [9.17, 15) is 0 Å². The van der Waals surface area contributed by atoms with Crippen molar-refractivity contribution in [1.29, 1.82) is 0 Å². The highest BCUT2D eigenvalue weighted by Crippen LogP contribution is 2.83. The van der Waals surface area contributed by atoms with Gasteiger partial charge in [-0.2, -0.15) is 0 Å². The molecule has 0 bridgehead atoms. The minimum atomic E-state index is -2.12. The van der Waals surface area contributed by atoms with Gasteiger partial charge in [0.15, 0.2) is 0 Å². The summed E-state index contributed by atoms with van der Waals surface area (Å²) in [4.78, 5) is 7.43. The van der Waals surface area contributed by atoms with Crippen LogP contribution in [0.4, 0.5) is 0 Å². The Kier molecular flexibility index (Phi) is 22.6. The molecule has 2 aliphatic carbocycles. The average Bonchev–Trinajstić information content (AvgIpc) is 3.24. The van der Waals surface area contributed by atoms with Crippen LogP contribution in [0.2, 0.25) is 0 Å². The van der Waals surface area contributed by atoms with E-state index in [1.165, 1.54) is 36.4 Å². The molecule has 2 nitrogen and oxygen atoms in total. The topological polar surface area (TPSA) is 35.2 Å². The highest BCUT2D eigenvalue weighted by Gasteiger charge is 2.44. The summed E-state index contributed by atoms with van der Waals surface area (Å²) in [6.45, 7) is 16.0. The first kappa shape index (κ1) is 43.5. The highest BCUT2D eigenvalue weighted by molar-refractivity contribution is 8.45. The molecule has 0 saturated heterocycles. The van der Waals surface area contributed by atoms with Gasteiger partial charge in [0.1, 0.15) is 0 Å². The lowest BCUT2D eigenvalue weighted by molar-refractivity contribution is 0.688. The summed E-state index contributed by atoms with van der Waals surface area (Å²) >= 11 is 0. The second kappa shape index (κ2) is 25.4. The molecule has 0 aromatic heterocycles. The summed E-state index contributed by atoms with van der Waals surface area (Å²) in [7, 11) is -2.74. The fourth-order valence-corrected chi connectivity index (χ4v) is 13.4. The van der Waals surface area contributed by atoms with Crippen molar-refractivity contribution in [2.24, 2.45) is 5.73 Å². The summed E-state index contributed by atoms with van der Waals surface area (Å²) in [5.74, 6) is 0. The Hall–Kier alpha value is -3.54. The van der Waals surface area contributed by atoms with Crippen molar-refractivity contribution in [3.8, 4) is 0 Å². The maximum absolute atomic E-state index is 8.18.